The topological polar surface area (TPSA) is 105 Å². The number of aliphatic hydroxyl groups excluding tert-OH is 1. The molecular formula is C22H27FN2O5S. The predicted molar refractivity (Wildman–Crippen MR) is 113 cm³/mol. The van der Waals surface area contributed by atoms with Gasteiger partial charge in [0.15, 0.2) is 0 Å². The lowest BCUT2D eigenvalue weighted by Crippen LogP contribution is -2.51. The second kappa shape index (κ2) is 10.3. The highest BCUT2D eigenvalue weighted by Gasteiger charge is 2.34. The Hall–Kier alpha value is -2.33. The molecule has 0 aliphatic carbocycles. The van der Waals surface area contributed by atoms with Crippen LogP contribution in [0.1, 0.15) is 30.4 Å². The summed E-state index contributed by atoms with van der Waals surface area (Å²) in [5.74, 6) is -0.690. The molecule has 1 aliphatic rings. The molecule has 3 rings (SSSR count). The van der Waals surface area contributed by atoms with Gasteiger partial charge < -0.3 is 15.2 Å². The second-order valence-electron chi connectivity index (χ2n) is 7.67. The van der Waals surface area contributed by atoms with Crippen LogP contribution in [0, 0.1) is 12.7 Å². The standard InChI is InChI=1S/C22H27FN2O5S/c1-15-6-9-18(10-7-15)31(28,29)25-20-11-8-17(30-21(20)14-26)12-22(27)24-13-16-4-2-3-5-19(16)23/h2-7,9-10,17,20-21,25-26H,8,11-14H2,1H3,(H,24,27)/t17-,20-,21-/m0/s1. The summed E-state index contributed by atoms with van der Waals surface area (Å²) >= 11 is 0. The number of rotatable bonds is 8. The van der Waals surface area contributed by atoms with Crippen LogP contribution in [0.5, 0.6) is 0 Å². The molecule has 0 bridgehead atoms. The van der Waals surface area contributed by atoms with E-state index in [0.717, 1.165) is 5.56 Å². The zero-order valence-electron chi connectivity index (χ0n) is 17.3. The smallest absolute Gasteiger partial charge is 0.240 e. The third-order valence-corrected chi connectivity index (χ3v) is 6.79. The monoisotopic (exact) mass is 450 g/mol. The first kappa shape index (κ1) is 23.3. The molecule has 1 fully saturated rings. The molecule has 31 heavy (non-hydrogen) atoms. The van der Waals surface area contributed by atoms with Gasteiger partial charge in [0.2, 0.25) is 15.9 Å². The zero-order chi connectivity index (χ0) is 22.4. The number of hydrogen-bond donors (Lipinski definition) is 3. The second-order valence-corrected chi connectivity index (χ2v) is 9.38. The highest BCUT2D eigenvalue weighted by molar-refractivity contribution is 7.89. The quantitative estimate of drug-likeness (QED) is 0.571. The van der Waals surface area contributed by atoms with E-state index in [1.54, 1.807) is 30.3 Å². The maximum Gasteiger partial charge on any atom is 0.240 e. The van der Waals surface area contributed by atoms with E-state index in [-0.39, 0.29) is 36.2 Å². The van der Waals surface area contributed by atoms with Gasteiger partial charge in [-0.25, -0.2) is 17.5 Å². The Bertz CT molecular complexity index is 997. The van der Waals surface area contributed by atoms with Crippen molar-refractivity contribution in [3.63, 3.8) is 0 Å². The van der Waals surface area contributed by atoms with Crippen LogP contribution in [-0.4, -0.2) is 44.3 Å². The number of carbonyl (C=O) groups is 1. The molecule has 3 atom stereocenters. The lowest BCUT2D eigenvalue weighted by molar-refractivity contribution is -0.130. The number of ether oxygens (including phenoxy) is 1. The van der Waals surface area contributed by atoms with Crippen molar-refractivity contribution in [3.05, 3.63) is 65.5 Å². The number of amides is 1. The summed E-state index contributed by atoms with van der Waals surface area (Å²) in [6, 6.07) is 12.1. The van der Waals surface area contributed by atoms with Crippen molar-refractivity contribution in [2.24, 2.45) is 0 Å². The molecule has 0 unspecified atom stereocenters. The normalized spacial score (nSPS) is 21.6. The Morgan fingerprint density at radius 1 is 1.16 bits per heavy atom. The van der Waals surface area contributed by atoms with E-state index in [4.69, 9.17) is 4.74 Å². The number of carbonyl (C=O) groups excluding carboxylic acids is 1. The van der Waals surface area contributed by atoms with Crippen molar-refractivity contribution in [3.8, 4) is 0 Å². The lowest BCUT2D eigenvalue weighted by Gasteiger charge is -2.35. The van der Waals surface area contributed by atoms with E-state index in [0.29, 0.717) is 18.4 Å². The molecule has 0 aromatic heterocycles. The molecule has 1 aliphatic heterocycles. The predicted octanol–water partition coefficient (Wildman–Crippen LogP) is 2.03. The summed E-state index contributed by atoms with van der Waals surface area (Å²) in [5.41, 5.74) is 1.34. The Morgan fingerprint density at radius 3 is 2.55 bits per heavy atom. The number of aryl methyl sites for hydroxylation is 1. The van der Waals surface area contributed by atoms with Gasteiger partial charge in [-0.1, -0.05) is 35.9 Å². The van der Waals surface area contributed by atoms with E-state index in [2.05, 4.69) is 10.0 Å². The molecule has 1 amide bonds. The van der Waals surface area contributed by atoms with Crippen molar-refractivity contribution >= 4 is 15.9 Å². The lowest BCUT2D eigenvalue weighted by atomic mass is 9.98. The summed E-state index contributed by atoms with van der Waals surface area (Å²) < 4.78 is 47.3. The van der Waals surface area contributed by atoms with Gasteiger partial charge in [-0.15, -0.1) is 0 Å². The van der Waals surface area contributed by atoms with Crippen molar-refractivity contribution < 1.29 is 27.4 Å². The molecule has 7 nitrogen and oxygen atoms in total. The van der Waals surface area contributed by atoms with Gasteiger partial charge in [0, 0.05) is 12.1 Å². The van der Waals surface area contributed by atoms with Crippen LogP contribution < -0.4 is 10.0 Å². The van der Waals surface area contributed by atoms with E-state index >= 15 is 0 Å². The molecule has 0 saturated carbocycles. The van der Waals surface area contributed by atoms with E-state index < -0.39 is 28.3 Å². The van der Waals surface area contributed by atoms with E-state index in [1.807, 2.05) is 6.92 Å². The van der Waals surface area contributed by atoms with Gasteiger partial charge in [0.25, 0.3) is 0 Å². The molecule has 0 radical (unpaired) electrons. The number of aliphatic hydroxyl groups is 1. The molecule has 1 saturated heterocycles. The molecular weight excluding hydrogens is 423 g/mol. The van der Waals surface area contributed by atoms with Gasteiger partial charge in [0.05, 0.1) is 36.2 Å². The molecule has 168 valence electrons. The van der Waals surface area contributed by atoms with Crippen LogP contribution in [0.3, 0.4) is 0 Å². The minimum Gasteiger partial charge on any atom is -0.394 e. The maximum absolute atomic E-state index is 13.7. The maximum atomic E-state index is 13.7. The van der Waals surface area contributed by atoms with Crippen molar-refractivity contribution in [2.75, 3.05) is 6.61 Å². The summed E-state index contributed by atoms with van der Waals surface area (Å²) in [6.45, 7) is 1.56. The summed E-state index contributed by atoms with van der Waals surface area (Å²) in [5, 5.41) is 12.4. The Kier molecular flexibility index (Phi) is 7.77. The Morgan fingerprint density at radius 2 is 1.87 bits per heavy atom. The number of benzene rings is 2. The molecule has 9 heteroatoms. The summed E-state index contributed by atoms with van der Waals surface area (Å²) in [7, 11) is -3.76. The van der Waals surface area contributed by atoms with Gasteiger partial charge in [-0.3, -0.25) is 4.79 Å². The van der Waals surface area contributed by atoms with Crippen LogP contribution >= 0.6 is 0 Å². The minimum absolute atomic E-state index is 0.0440. The fraction of sp³-hybridized carbons (Fsp3) is 0.409. The molecule has 1 heterocycles. The SMILES string of the molecule is Cc1ccc(S(=O)(=O)N[C@H]2CC[C@@H](CC(=O)NCc3ccccc3F)O[C@H]2CO)cc1. The largest absolute Gasteiger partial charge is 0.394 e. The van der Waals surface area contributed by atoms with Crippen molar-refractivity contribution in [1.82, 2.24) is 10.0 Å². The first-order chi connectivity index (χ1) is 14.8. The average Bonchev–Trinajstić information content (AvgIpc) is 2.74. The third kappa shape index (κ3) is 6.33. The average molecular weight is 451 g/mol. The highest BCUT2D eigenvalue weighted by Crippen LogP contribution is 2.24. The van der Waals surface area contributed by atoms with Gasteiger partial charge >= 0.3 is 0 Å². The van der Waals surface area contributed by atoms with Gasteiger partial charge in [-0.2, -0.15) is 0 Å². The molecule has 3 N–H and O–H groups in total. The number of hydrogen-bond acceptors (Lipinski definition) is 5. The van der Waals surface area contributed by atoms with Crippen LogP contribution in [0.15, 0.2) is 53.4 Å². The van der Waals surface area contributed by atoms with Crippen molar-refractivity contribution in [2.45, 2.75) is 55.9 Å². The van der Waals surface area contributed by atoms with Gasteiger partial charge in [-0.05, 0) is 38.0 Å². The zero-order valence-corrected chi connectivity index (χ0v) is 18.1. The number of nitrogens with one attached hydrogen (secondary N) is 2. The fourth-order valence-corrected chi connectivity index (χ4v) is 4.81. The molecule has 0 spiro atoms. The molecule has 2 aromatic carbocycles. The minimum atomic E-state index is -3.76. The van der Waals surface area contributed by atoms with E-state index in [1.165, 1.54) is 18.2 Å². The van der Waals surface area contributed by atoms with Crippen LogP contribution in [0.2, 0.25) is 0 Å². The summed E-state index contributed by atoms with van der Waals surface area (Å²) in [4.78, 5) is 12.4. The number of sulfonamides is 1. The Balaban J connectivity index is 1.53. The number of halogens is 1. The summed E-state index contributed by atoms with van der Waals surface area (Å²) in [6.07, 6.45) is -0.314. The van der Waals surface area contributed by atoms with Crippen LogP contribution in [0.25, 0.3) is 0 Å². The van der Waals surface area contributed by atoms with Crippen molar-refractivity contribution in [1.29, 1.82) is 0 Å². The third-order valence-electron chi connectivity index (χ3n) is 5.28. The highest BCUT2D eigenvalue weighted by atomic mass is 32.2. The first-order valence-corrected chi connectivity index (χ1v) is 11.6. The Labute approximate surface area is 181 Å². The van der Waals surface area contributed by atoms with Gasteiger partial charge in [0.1, 0.15) is 5.82 Å². The van der Waals surface area contributed by atoms with Crippen LogP contribution in [0.4, 0.5) is 4.39 Å². The van der Waals surface area contributed by atoms with Crippen LogP contribution in [-0.2, 0) is 26.1 Å². The first-order valence-electron chi connectivity index (χ1n) is 10.1. The molecule has 2 aromatic rings. The van der Waals surface area contributed by atoms with E-state index in [9.17, 15) is 22.7 Å². The fourth-order valence-electron chi connectivity index (χ4n) is 3.52.